The van der Waals surface area contributed by atoms with Gasteiger partial charge in [-0.3, -0.25) is 9.59 Å². The number of hydrogen-bond donors (Lipinski definition) is 3. The van der Waals surface area contributed by atoms with Crippen LogP contribution in [0, 0.1) is 13.1 Å². The lowest BCUT2D eigenvalue weighted by Crippen LogP contribution is -2.28. The molecule has 3 N–H and O–H groups in total. The first-order valence-corrected chi connectivity index (χ1v) is 17.3. The smallest absolute Gasteiger partial charge is 0.340 e. The van der Waals surface area contributed by atoms with Gasteiger partial charge in [-0.25, -0.2) is 24.1 Å². The molecule has 0 radical (unpaired) electrons. The van der Waals surface area contributed by atoms with E-state index in [0.717, 1.165) is 11.1 Å². The molecular formula is C43H54N4O12. The molecule has 2 aromatic carbocycles. The molecule has 0 aliphatic rings. The van der Waals surface area contributed by atoms with Gasteiger partial charge < -0.3 is 44.2 Å². The van der Waals surface area contributed by atoms with Crippen LogP contribution in [0.5, 0.6) is 11.5 Å². The van der Waals surface area contributed by atoms with Crippen molar-refractivity contribution in [2.45, 2.75) is 28.2 Å². The predicted octanol–water partition coefficient (Wildman–Crippen LogP) is 5.13. The number of carbonyl (C=O) groups is 5. The van der Waals surface area contributed by atoms with E-state index in [-0.39, 0.29) is 76.1 Å². The normalized spacial score (nSPS) is 10.1. The summed E-state index contributed by atoms with van der Waals surface area (Å²) in [5.74, 6) is -1.41. The third-order valence-corrected chi connectivity index (χ3v) is 6.54. The van der Waals surface area contributed by atoms with Crippen molar-refractivity contribution in [1.29, 1.82) is 0 Å². The lowest BCUT2D eigenvalue weighted by Gasteiger charge is -2.07. The van der Waals surface area contributed by atoms with Crippen LogP contribution in [-0.2, 0) is 42.9 Å². The molecule has 2 amide bonds. The molecule has 2 rings (SSSR count). The summed E-state index contributed by atoms with van der Waals surface area (Å²) in [6.45, 7) is 30.4. The molecule has 2 aromatic rings. The van der Waals surface area contributed by atoms with Gasteiger partial charge in [0.2, 0.25) is 11.8 Å². The number of nitrogens with zero attached hydrogens (tertiary/aromatic N) is 2. The van der Waals surface area contributed by atoms with Crippen molar-refractivity contribution < 1.29 is 57.5 Å². The Morgan fingerprint density at radius 2 is 1.00 bits per heavy atom. The Morgan fingerprint density at radius 3 is 1.32 bits per heavy atom. The number of aliphatic hydroxyl groups is 1. The highest BCUT2D eigenvalue weighted by Gasteiger charge is 2.12. The Bertz CT molecular complexity index is 1830. The molecule has 0 aromatic heterocycles. The van der Waals surface area contributed by atoms with E-state index in [4.69, 9.17) is 41.9 Å². The van der Waals surface area contributed by atoms with Gasteiger partial charge in [-0.1, -0.05) is 51.4 Å². The van der Waals surface area contributed by atoms with E-state index in [9.17, 15) is 24.0 Å². The minimum absolute atomic E-state index is 0. The van der Waals surface area contributed by atoms with Crippen LogP contribution in [0.3, 0.4) is 0 Å². The molecular weight excluding hydrogens is 764 g/mol. The fraction of sp³-hybridized carbons (Fsp3) is 0.326. The number of esters is 3. The summed E-state index contributed by atoms with van der Waals surface area (Å²) in [5.41, 5.74) is 2.16. The zero-order chi connectivity index (χ0) is 43.9. The largest absolute Gasteiger partial charge is 0.497 e. The summed E-state index contributed by atoms with van der Waals surface area (Å²) in [4.78, 5) is 62.8. The summed E-state index contributed by atoms with van der Waals surface area (Å²) >= 11 is 0. The molecule has 0 aliphatic carbocycles. The standard InChI is InChI=1S/C19H22N2O5.C15H18N2O4.C8H10O3.CH4/c1-14(2)19(23)26-12-11-25-10-9-21-18(22)17(20-3)13-15-5-7-16(24-4)8-6-15;1-16-14(15(19)17-7-9-21-10-8-18)11-12-3-5-13(20-2)6-4-12;1-5(2)7(9)11-8(10)6(3)4;/h5-8,13H,1,9-12H2,2,4H3,(H,21,22);3-6,11,18H,7-10H2,2H3,(H,17,19);1,3H2,2,4H3;1H4/b17-13-;14-11-;;. The zero-order valence-corrected chi connectivity index (χ0v) is 33.4. The molecule has 0 aliphatic heterocycles. The zero-order valence-electron chi connectivity index (χ0n) is 33.4. The van der Waals surface area contributed by atoms with Gasteiger partial charge in [0.25, 0.3) is 11.4 Å². The average Bonchev–Trinajstić information content (AvgIpc) is 3.21. The minimum atomic E-state index is -0.710. The molecule has 0 atom stereocenters. The molecule has 0 bridgehead atoms. The van der Waals surface area contributed by atoms with Crippen LogP contribution in [0.25, 0.3) is 21.8 Å². The van der Waals surface area contributed by atoms with Crippen molar-refractivity contribution in [3.8, 4) is 11.5 Å². The first-order chi connectivity index (χ1) is 27.6. The van der Waals surface area contributed by atoms with Gasteiger partial charge in [0.1, 0.15) is 18.1 Å². The molecule has 0 heterocycles. The number of rotatable bonds is 20. The first-order valence-electron chi connectivity index (χ1n) is 17.3. The number of carbonyl (C=O) groups excluding carboxylic acids is 5. The van der Waals surface area contributed by atoms with Crippen LogP contribution in [0.4, 0.5) is 0 Å². The lowest BCUT2D eigenvalue weighted by molar-refractivity contribution is -0.154. The van der Waals surface area contributed by atoms with Crippen molar-refractivity contribution in [1.82, 2.24) is 10.6 Å². The number of benzene rings is 2. The Balaban J connectivity index is 0. The summed E-state index contributed by atoms with van der Waals surface area (Å²) in [6.07, 6.45) is 3.01. The van der Waals surface area contributed by atoms with Crippen LogP contribution in [0.15, 0.2) is 96.4 Å². The highest BCUT2D eigenvalue weighted by molar-refractivity contribution is 6.01. The van der Waals surface area contributed by atoms with Crippen molar-refractivity contribution in [2.24, 2.45) is 0 Å². The molecule has 0 spiro atoms. The highest BCUT2D eigenvalue weighted by Crippen LogP contribution is 2.16. The number of hydrogen-bond acceptors (Lipinski definition) is 12. The summed E-state index contributed by atoms with van der Waals surface area (Å²) in [7, 11) is 3.14. The van der Waals surface area contributed by atoms with E-state index in [1.165, 1.54) is 26.0 Å². The van der Waals surface area contributed by atoms with E-state index >= 15 is 0 Å². The van der Waals surface area contributed by atoms with E-state index in [0.29, 0.717) is 23.7 Å². The summed E-state index contributed by atoms with van der Waals surface area (Å²) in [6, 6.07) is 14.1. The maximum absolute atomic E-state index is 12.0. The van der Waals surface area contributed by atoms with E-state index in [1.54, 1.807) is 69.7 Å². The molecule has 0 fully saturated rings. The number of methoxy groups -OCH3 is 2. The Hall–Kier alpha value is -6.85. The van der Waals surface area contributed by atoms with Gasteiger partial charge >= 0.3 is 17.9 Å². The highest BCUT2D eigenvalue weighted by atomic mass is 16.6. The summed E-state index contributed by atoms with van der Waals surface area (Å²) in [5, 5.41) is 13.7. The third-order valence-electron chi connectivity index (χ3n) is 6.54. The van der Waals surface area contributed by atoms with Crippen LogP contribution in [0.1, 0.15) is 39.3 Å². The SMILES string of the molecule is C.C=C(C)C(=O)OC(=O)C(=C)C.[C-]#[N+]/C(=C\c1ccc(OC)cc1)C(=O)NCCOCCO.[C-]#[N+]/C(=C\c1ccc(OC)cc1)C(=O)NCCOCCOC(=O)C(=C)C. The number of nitrogens with one attached hydrogen (secondary N) is 2. The van der Waals surface area contributed by atoms with Gasteiger partial charge in [-0.2, -0.15) is 0 Å². The monoisotopic (exact) mass is 818 g/mol. The van der Waals surface area contributed by atoms with Crippen LogP contribution >= 0.6 is 0 Å². The van der Waals surface area contributed by atoms with Crippen LogP contribution in [0.2, 0.25) is 0 Å². The summed E-state index contributed by atoms with van der Waals surface area (Å²) < 4.78 is 29.5. The average molecular weight is 819 g/mol. The molecule has 16 nitrogen and oxygen atoms in total. The van der Waals surface area contributed by atoms with Gasteiger partial charge in [0, 0.05) is 29.8 Å². The predicted molar refractivity (Wildman–Crippen MR) is 223 cm³/mol. The maximum atomic E-state index is 12.0. The van der Waals surface area contributed by atoms with Crippen molar-refractivity contribution in [2.75, 3.05) is 67.0 Å². The van der Waals surface area contributed by atoms with Gasteiger partial charge in [-0.15, -0.1) is 0 Å². The Morgan fingerprint density at radius 1 is 0.627 bits per heavy atom. The Kier molecular flexibility index (Phi) is 29.7. The molecule has 0 saturated heterocycles. The second-order valence-electron chi connectivity index (χ2n) is 11.4. The topological polar surface area (TPSA) is 194 Å². The van der Waals surface area contributed by atoms with Gasteiger partial charge in [0.15, 0.2) is 0 Å². The maximum Gasteiger partial charge on any atom is 0.340 e. The quantitative estimate of drug-likeness (QED) is 0.0525. The van der Waals surface area contributed by atoms with Gasteiger partial charge in [0.05, 0.1) is 60.4 Å². The molecule has 0 saturated carbocycles. The lowest BCUT2D eigenvalue weighted by atomic mass is 10.2. The second-order valence-corrected chi connectivity index (χ2v) is 11.4. The fourth-order valence-corrected chi connectivity index (χ4v) is 3.51. The van der Waals surface area contributed by atoms with E-state index < -0.39 is 29.7 Å². The number of aliphatic hydroxyl groups excluding tert-OH is 1. The van der Waals surface area contributed by atoms with E-state index in [2.05, 4.69) is 44.8 Å². The number of amides is 2. The Labute approximate surface area is 346 Å². The third kappa shape index (κ3) is 25.1. The van der Waals surface area contributed by atoms with Crippen molar-refractivity contribution in [3.63, 3.8) is 0 Å². The van der Waals surface area contributed by atoms with Crippen molar-refractivity contribution >= 4 is 41.9 Å². The second kappa shape index (κ2) is 32.3. The van der Waals surface area contributed by atoms with Crippen LogP contribution < -0.4 is 20.1 Å². The molecule has 59 heavy (non-hydrogen) atoms. The van der Waals surface area contributed by atoms with Gasteiger partial charge in [-0.05, 0) is 68.3 Å². The van der Waals surface area contributed by atoms with E-state index in [1.807, 2.05) is 0 Å². The van der Waals surface area contributed by atoms with Crippen molar-refractivity contribution in [3.05, 3.63) is 130 Å². The minimum Gasteiger partial charge on any atom is -0.497 e. The first kappa shape index (κ1) is 54.3. The number of ether oxygens (including phenoxy) is 6. The fourth-order valence-electron chi connectivity index (χ4n) is 3.51. The molecule has 0 unspecified atom stereocenters. The molecule has 16 heteroatoms. The van der Waals surface area contributed by atoms with Crippen LogP contribution in [-0.4, -0.2) is 102 Å². The molecule has 318 valence electrons.